The van der Waals surface area contributed by atoms with Crippen molar-refractivity contribution in [3.8, 4) is 11.3 Å². The van der Waals surface area contributed by atoms with Crippen molar-refractivity contribution in [1.82, 2.24) is 25.0 Å². The molecule has 1 aliphatic rings. The zero-order chi connectivity index (χ0) is 22.0. The summed E-state index contributed by atoms with van der Waals surface area (Å²) in [6.07, 6.45) is -3.18. The van der Waals surface area contributed by atoms with E-state index in [4.69, 9.17) is 4.74 Å². The maximum Gasteiger partial charge on any atom is 0.392 e. The molecule has 0 spiro atoms. The Bertz CT molecular complexity index is 1320. The molecule has 0 unspecified atom stereocenters. The van der Waals surface area contributed by atoms with Crippen LogP contribution in [-0.4, -0.2) is 37.1 Å². The Labute approximate surface area is 177 Å². The SMILES string of the molecule is CC(=O)OC1(c2cc3ccc(-c4cnc5c(c4)nnn5C)nc3s2)CC(C(F)(F)F)C1. The van der Waals surface area contributed by atoms with Gasteiger partial charge in [0.05, 0.1) is 16.5 Å². The standard InChI is InChI=1S/C20H16F3N5O2S/c1-10(29)30-19(7-13(8-19)20(21,22)23)16-6-11-3-4-14(25-18(11)31-16)12-5-15-17(24-9-12)28(2)27-26-15/h3-6,9,13H,7-8H2,1-2H3. The lowest BCUT2D eigenvalue weighted by Crippen LogP contribution is -2.49. The molecule has 0 aromatic carbocycles. The monoisotopic (exact) mass is 447 g/mol. The van der Waals surface area contributed by atoms with E-state index in [0.29, 0.717) is 26.6 Å². The Hall–Kier alpha value is -3.08. The Balaban J connectivity index is 1.51. The molecule has 31 heavy (non-hydrogen) atoms. The van der Waals surface area contributed by atoms with Gasteiger partial charge in [0, 0.05) is 44.0 Å². The number of nitrogens with zero attached hydrogens (tertiary/aromatic N) is 5. The topological polar surface area (TPSA) is 82.8 Å². The lowest BCUT2D eigenvalue weighted by Gasteiger charge is -2.46. The van der Waals surface area contributed by atoms with Gasteiger partial charge in [-0.3, -0.25) is 4.79 Å². The van der Waals surface area contributed by atoms with Crippen LogP contribution >= 0.6 is 11.3 Å². The summed E-state index contributed by atoms with van der Waals surface area (Å²) in [7, 11) is 1.75. The fourth-order valence-corrected chi connectivity index (χ4v) is 5.12. The fourth-order valence-electron chi connectivity index (χ4n) is 3.95. The quantitative estimate of drug-likeness (QED) is 0.434. The molecule has 0 atom stereocenters. The van der Waals surface area contributed by atoms with Crippen LogP contribution in [0.5, 0.6) is 0 Å². The predicted octanol–water partition coefficient (Wildman–Crippen LogP) is 4.37. The van der Waals surface area contributed by atoms with E-state index in [-0.39, 0.29) is 12.8 Å². The molecule has 4 aromatic rings. The van der Waals surface area contributed by atoms with Crippen LogP contribution in [0.4, 0.5) is 13.2 Å². The Morgan fingerprint density at radius 3 is 2.77 bits per heavy atom. The molecule has 0 N–H and O–H groups in total. The summed E-state index contributed by atoms with van der Waals surface area (Å²) in [6, 6.07) is 7.25. The first-order valence-electron chi connectivity index (χ1n) is 9.48. The number of aryl methyl sites for hydroxylation is 1. The number of ether oxygens (including phenoxy) is 1. The van der Waals surface area contributed by atoms with Crippen LogP contribution in [0.2, 0.25) is 0 Å². The zero-order valence-electron chi connectivity index (χ0n) is 16.5. The van der Waals surface area contributed by atoms with Gasteiger partial charge in [0.1, 0.15) is 15.9 Å². The molecular formula is C20H16F3N5O2S. The molecule has 1 aliphatic carbocycles. The Morgan fingerprint density at radius 2 is 2.06 bits per heavy atom. The van der Waals surface area contributed by atoms with Gasteiger partial charge < -0.3 is 4.74 Å². The zero-order valence-corrected chi connectivity index (χ0v) is 17.3. The molecule has 11 heteroatoms. The second kappa shape index (κ2) is 6.71. The average Bonchev–Trinajstić information content (AvgIpc) is 3.26. The van der Waals surface area contributed by atoms with E-state index in [9.17, 15) is 18.0 Å². The summed E-state index contributed by atoms with van der Waals surface area (Å²) in [6.45, 7) is 1.21. The van der Waals surface area contributed by atoms with E-state index in [0.717, 1.165) is 10.9 Å². The number of alkyl halides is 3. The summed E-state index contributed by atoms with van der Waals surface area (Å²) in [5.41, 5.74) is 1.44. The molecule has 4 aromatic heterocycles. The second-order valence-corrected chi connectivity index (χ2v) is 8.75. The van der Waals surface area contributed by atoms with Crippen molar-refractivity contribution in [2.75, 3.05) is 0 Å². The van der Waals surface area contributed by atoms with Gasteiger partial charge in [-0.25, -0.2) is 14.6 Å². The van der Waals surface area contributed by atoms with Crippen LogP contribution in [0.15, 0.2) is 30.5 Å². The number of rotatable bonds is 3. The summed E-state index contributed by atoms with van der Waals surface area (Å²) in [5, 5.41) is 8.78. The highest BCUT2D eigenvalue weighted by atomic mass is 32.1. The van der Waals surface area contributed by atoms with E-state index in [1.54, 1.807) is 24.0 Å². The third-order valence-corrected chi connectivity index (χ3v) is 6.75. The smallest absolute Gasteiger partial charge is 0.392 e. The fraction of sp³-hybridized carbons (Fsp3) is 0.350. The minimum atomic E-state index is -4.31. The summed E-state index contributed by atoms with van der Waals surface area (Å²) in [5.74, 6) is -2.08. The lowest BCUT2D eigenvalue weighted by molar-refractivity contribution is -0.249. The predicted molar refractivity (Wildman–Crippen MR) is 107 cm³/mol. The van der Waals surface area contributed by atoms with Gasteiger partial charge in [0.2, 0.25) is 0 Å². The molecule has 7 nitrogen and oxygen atoms in total. The summed E-state index contributed by atoms with van der Waals surface area (Å²) in [4.78, 5) is 21.9. The normalized spacial score (nSPS) is 21.4. The molecule has 1 fully saturated rings. The Morgan fingerprint density at radius 1 is 1.29 bits per heavy atom. The van der Waals surface area contributed by atoms with E-state index >= 15 is 0 Å². The number of aromatic nitrogens is 5. The van der Waals surface area contributed by atoms with Gasteiger partial charge in [0.15, 0.2) is 5.65 Å². The van der Waals surface area contributed by atoms with Crippen LogP contribution < -0.4 is 0 Å². The number of thiophene rings is 1. The highest BCUT2D eigenvalue weighted by molar-refractivity contribution is 7.18. The van der Waals surface area contributed by atoms with E-state index in [2.05, 4.69) is 20.3 Å². The van der Waals surface area contributed by atoms with Crippen LogP contribution in [0.3, 0.4) is 0 Å². The average molecular weight is 447 g/mol. The highest BCUT2D eigenvalue weighted by Gasteiger charge is 2.59. The molecule has 0 aliphatic heterocycles. The van der Waals surface area contributed by atoms with E-state index in [1.165, 1.54) is 18.3 Å². The van der Waals surface area contributed by atoms with Gasteiger partial charge in [-0.15, -0.1) is 16.4 Å². The molecule has 0 saturated heterocycles. The third kappa shape index (κ3) is 3.32. The summed E-state index contributed by atoms with van der Waals surface area (Å²) >= 11 is 1.24. The number of fused-ring (bicyclic) bond motifs is 2. The Kier molecular flexibility index (Phi) is 4.30. The maximum atomic E-state index is 13.1. The molecule has 1 saturated carbocycles. The number of carbonyl (C=O) groups is 1. The van der Waals surface area contributed by atoms with Crippen LogP contribution in [0.25, 0.3) is 32.6 Å². The molecule has 0 amide bonds. The minimum absolute atomic E-state index is 0.275. The van der Waals surface area contributed by atoms with Crippen molar-refractivity contribution in [2.45, 2.75) is 31.5 Å². The van der Waals surface area contributed by atoms with Gasteiger partial charge >= 0.3 is 12.1 Å². The van der Waals surface area contributed by atoms with Crippen molar-refractivity contribution >= 4 is 38.7 Å². The number of halogens is 3. The first kappa shape index (κ1) is 19.9. The van der Waals surface area contributed by atoms with Crippen molar-refractivity contribution in [3.63, 3.8) is 0 Å². The first-order valence-corrected chi connectivity index (χ1v) is 10.3. The second-order valence-electron chi connectivity index (χ2n) is 7.72. The molecule has 0 radical (unpaired) electrons. The molecule has 5 rings (SSSR count). The van der Waals surface area contributed by atoms with Crippen LogP contribution in [0.1, 0.15) is 24.6 Å². The molecule has 160 valence electrons. The number of hydrogen-bond donors (Lipinski definition) is 0. The number of esters is 1. The van der Waals surface area contributed by atoms with Crippen molar-refractivity contribution < 1.29 is 22.7 Å². The van der Waals surface area contributed by atoms with Crippen molar-refractivity contribution in [1.29, 1.82) is 0 Å². The minimum Gasteiger partial charge on any atom is -0.453 e. The van der Waals surface area contributed by atoms with Crippen LogP contribution in [-0.2, 0) is 22.2 Å². The van der Waals surface area contributed by atoms with E-state index < -0.39 is 23.7 Å². The number of pyridine rings is 2. The van der Waals surface area contributed by atoms with E-state index in [1.807, 2.05) is 18.2 Å². The summed E-state index contributed by atoms with van der Waals surface area (Å²) < 4.78 is 46.2. The number of hydrogen-bond acceptors (Lipinski definition) is 7. The van der Waals surface area contributed by atoms with Crippen molar-refractivity contribution in [3.05, 3.63) is 35.3 Å². The third-order valence-electron chi connectivity index (χ3n) is 5.52. The first-order chi connectivity index (χ1) is 14.6. The molecular weight excluding hydrogens is 431 g/mol. The van der Waals surface area contributed by atoms with Gasteiger partial charge in [0.25, 0.3) is 0 Å². The lowest BCUT2D eigenvalue weighted by atomic mass is 9.69. The molecule has 0 bridgehead atoms. The van der Waals surface area contributed by atoms with Gasteiger partial charge in [-0.05, 0) is 24.3 Å². The number of carbonyl (C=O) groups excluding carboxylic acids is 1. The maximum absolute atomic E-state index is 13.1. The van der Waals surface area contributed by atoms with Gasteiger partial charge in [-0.1, -0.05) is 5.21 Å². The van der Waals surface area contributed by atoms with Crippen molar-refractivity contribution in [2.24, 2.45) is 13.0 Å². The largest absolute Gasteiger partial charge is 0.453 e. The highest BCUT2D eigenvalue weighted by Crippen LogP contribution is 2.56. The molecule has 4 heterocycles. The van der Waals surface area contributed by atoms with Gasteiger partial charge in [-0.2, -0.15) is 13.2 Å². The van der Waals surface area contributed by atoms with Crippen LogP contribution in [0, 0.1) is 5.92 Å².